The Balaban J connectivity index is 2.10. The summed E-state index contributed by atoms with van der Waals surface area (Å²) in [6.45, 7) is 1.94. The molecule has 1 saturated carbocycles. The second kappa shape index (κ2) is 5.81. The Morgan fingerprint density at radius 1 is 1.50 bits per heavy atom. The van der Waals surface area contributed by atoms with Crippen LogP contribution in [0.1, 0.15) is 37.8 Å². The molecule has 1 aromatic carbocycles. The molecule has 1 N–H and O–H groups in total. The molecule has 2 nitrogen and oxygen atoms in total. The van der Waals surface area contributed by atoms with Gasteiger partial charge in [-0.25, -0.2) is 4.39 Å². The average Bonchev–Trinajstić information content (AvgIpc) is 2.79. The maximum atomic E-state index is 13.7. The van der Waals surface area contributed by atoms with Crippen molar-refractivity contribution in [2.75, 3.05) is 0 Å². The number of hydrogen-bond donors (Lipinski definition) is 1. The highest BCUT2D eigenvalue weighted by molar-refractivity contribution is 9.10. The zero-order chi connectivity index (χ0) is 13.1. The minimum absolute atomic E-state index is 0.0580. The third kappa shape index (κ3) is 2.90. The van der Waals surface area contributed by atoms with Crippen molar-refractivity contribution in [3.8, 4) is 6.07 Å². The molecule has 1 aliphatic carbocycles. The van der Waals surface area contributed by atoms with Gasteiger partial charge in [-0.2, -0.15) is 5.26 Å². The first kappa shape index (κ1) is 13.5. The van der Waals surface area contributed by atoms with Gasteiger partial charge in [-0.05, 0) is 38.0 Å². The van der Waals surface area contributed by atoms with Gasteiger partial charge in [0.2, 0.25) is 0 Å². The standard InChI is InChI=1S/C14H16BrFN2/c1-9(12-7-11(15)5-6-13(12)16)18-14-4-2-3-10(14)8-17/h5-7,9-10,14,18H,2-4H2,1H3. The molecule has 0 heterocycles. The van der Waals surface area contributed by atoms with Crippen molar-refractivity contribution in [3.63, 3.8) is 0 Å². The molecular weight excluding hydrogens is 295 g/mol. The zero-order valence-electron chi connectivity index (χ0n) is 10.3. The summed E-state index contributed by atoms with van der Waals surface area (Å²) >= 11 is 3.36. The van der Waals surface area contributed by atoms with Crippen molar-refractivity contribution in [1.29, 1.82) is 5.26 Å². The predicted octanol–water partition coefficient (Wildman–Crippen LogP) is 3.93. The van der Waals surface area contributed by atoms with Gasteiger partial charge < -0.3 is 5.32 Å². The van der Waals surface area contributed by atoms with Crippen molar-refractivity contribution >= 4 is 15.9 Å². The number of nitriles is 1. The third-order valence-corrected chi connectivity index (χ3v) is 4.06. The van der Waals surface area contributed by atoms with E-state index in [2.05, 4.69) is 27.3 Å². The van der Waals surface area contributed by atoms with Gasteiger partial charge in [0.25, 0.3) is 0 Å². The molecule has 0 radical (unpaired) electrons. The SMILES string of the molecule is CC(NC1CCCC1C#N)c1cc(Br)ccc1F. The molecule has 3 unspecified atom stereocenters. The molecule has 1 aromatic rings. The molecule has 4 heteroatoms. The molecule has 0 aromatic heterocycles. The summed E-state index contributed by atoms with van der Waals surface area (Å²) in [4.78, 5) is 0. The lowest BCUT2D eigenvalue weighted by molar-refractivity contribution is 0.409. The first-order valence-electron chi connectivity index (χ1n) is 6.22. The maximum Gasteiger partial charge on any atom is 0.128 e. The molecule has 0 aliphatic heterocycles. The summed E-state index contributed by atoms with van der Waals surface area (Å²) in [7, 11) is 0. The lowest BCUT2D eigenvalue weighted by Crippen LogP contribution is -2.34. The molecule has 18 heavy (non-hydrogen) atoms. The third-order valence-electron chi connectivity index (χ3n) is 3.57. The van der Waals surface area contributed by atoms with Crippen LogP contribution >= 0.6 is 15.9 Å². The van der Waals surface area contributed by atoms with Gasteiger partial charge in [-0.15, -0.1) is 0 Å². The molecule has 0 saturated heterocycles. The fourth-order valence-electron chi connectivity index (χ4n) is 2.57. The van der Waals surface area contributed by atoms with Crippen molar-refractivity contribution in [2.24, 2.45) is 5.92 Å². The fraction of sp³-hybridized carbons (Fsp3) is 0.500. The van der Waals surface area contributed by atoms with E-state index in [1.54, 1.807) is 12.1 Å². The van der Waals surface area contributed by atoms with Gasteiger partial charge in [0.05, 0.1) is 12.0 Å². The van der Waals surface area contributed by atoms with E-state index < -0.39 is 0 Å². The Morgan fingerprint density at radius 2 is 2.28 bits per heavy atom. The summed E-state index contributed by atoms with van der Waals surface area (Å²) in [5.41, 5.74) is 0.646. The monoisotopic (exact) mass is 310 g/mol. The number of rotatable bonds is 3. The van der Waals surface area contributed by atoms with E-state index in [0.717, 1.165) is 23.7 Å². The van der Waals surface area contributed by atoms with Crippen LogP contribution in [0.25, 0.3) is 0 Å². The lowest BCUT2D eigenvalue weighted by atomic mass is 10.0. The first-order valence-corrected chi connectivity index (χ1v) is 7.01. The summed E-state index contributed by atoms with van der Waals surface area (Å²) in [6, 6.07) is 7.39. The number of halogens is 2. The Bertz CT molecular complexity index is 469. The van der Waals surface area contributed by atoms with Crippen LogP contribution in [0.4, 0.5) is 4.39 Å². The van der Waals surface area contributed by atoms with Gasteiger partial charge in [0, 0.05) is 22.1 Å². The Hall–Kier alpha value is -0.920. The summed E-state index contributed by atoms with van der Waals surface area (Å²) in [5, 5.41) is 12.4. The van der Waals surface area contributed by atoms with Crippen molar-refractivity contribution in [2.45, 2.75) is 38.3 Å². The number of hydrogen-bond acceptors (Lipinski definition) is 2. The fourth-order valence-corrected chi connectivity index (χ4v) is 2.95. The highest BCUT2D eigenvalue weighted by atomic mass is 79.9. The molecule has 0 amide bonds. The largest absolute Gasteiger partial charge is 0.306 e. The molecule has 0 bridgehead atoms. The average molecular weight is 311 g/mol. The van der Waals surface area contributed by atoms with E-state index in [0.29, 0.717) is 5.56 Å². The van der Waals surface area contributed by atoms with Crippen LogP contribution in [0.2, 0.25) is 0 Å². The molecule has 3 atom stereocenters. The highest BCUT2D eigenvalue weighted by Crippen LogP contribution is 2.28. The van der Waals surface area contributed by atoms with Crippen LogP contribution in [-0.4, -0.2) is 6.04 Å². The van der Waals surface area contributed by atoms with Gasteiger partial charge in [-0.1, -0.05) is 22.4 Å². The highest BCUT2D eigenvalue weighted by Gasteiger charge is 2.28. The number of benzene rings is 1. The van der Waals surface area contributed by atoms with Gasteiger partial charge >= 0.3 is 0 Å². The molecule has 0 spiro atoms. The molecule has 96 valence electrons. The van der Waals surface area contributed by atoms with Gasteiger partial charge in [-0.3, -0.25) is 0 Å². The van der Waals surface area contributed by atoms with Crippen molar-refractivity contribution in [3.05, 3.63) is 34.1 Å². The van der Waals surface area contributed by atoms with Crippen LogP contribution in [-0.2, 0) is 0 Å². The molecule has 2 rings (SSSR count). The van der Waals surface area contributed by atoms with Crippen LogP contribution in [0.5, 0.6) is 0 Å². The van der Waals surface area contributed by atoms with E-state index >= 15 is 0 Å². The van der Waals surface area contributed by atoms with E-state index in [-0.39, 0.29) is 23.8 Å². The zero-order valence-corrected chi connectivity index (χ0v) is 11.9. The minimum Gasteiger partial charge on any atom is -0.306 e. The first-order chi connectivity index (χ1) is 8.61. The van der Waals surface area contributed by atoms with E-state index in [1.807, 2.05) is 6.92 Å². The summed E-state index contributed by atoms with van der Waals surface area (Å²) in [5.74, 6) is -0.146. The normalized spacial score (nSPS) is 24.8. The van der Waals surface area contributed by atoms with Crippen LogP contribution in [0, 0.1) is 23.1 Å². The minimum atomic E-state index is -0.204. The molecular formula is C14H16BrFN2. The number of nitrogens with one attached hydrogen (secondary N) is 1. The Labute approximate surface area is 115 Å². The molecule has 1 fully saturated rings. The second-order valence-corrected chi connectivity index (χ2v) is 5.74. The Kier molecular flexibility index (Phi) is 4.36. The smallest absolute Gasteiger partial charge is 0.128 e. The predicted molar refractivity (Wildman–Crippen MR) is 72.4 cm³/mol. The van der Waals surface area contributed by atoms with E-state index in [9.17, 15) is 4.39 Å². The quantitative estimate of drug-likeness (QED) is 0.918. The molecule has 1 aliphatic rings. The van der Waals surface area contributed by atoms with Crippen molar-refractivity contribution < 1.29 is 4.39 Å². The van der Waals surface area contributed by atoms with Crippen molar-refractivity contribution in [1.82, 2.24) is 5.32 Å². The topological polar surface area (TPSA) is 35.8 Å². The summed E-state index contributed by atoms with van der Waals surface area (Å²) < 4.78 is 14.6. The number of nitrogens with zero attached hydrogens (tertiary/aromatic N) is 1. The lowest BCUT2D eigenvalue weighted by Gasteiger charge is -2.22. The van der Waals surface area contributed by atoms with Gasteiger partial charge in [0.15, 0.2) is 0 Å². The van der Waals surface area contributed by atoms with E-state index in [4.69, 9.17) is 5.26 Å². The van der Waals surface area contributed by atoms with E-state index in [1.165, 1.54) is 6.07 Å². The second-order valence-electron chi connectivity index (χ2n) is 4.83. The van der Waals surface area contributed by atoms with Crippen LogP contribution in [0.15, 0.2) is 22.7 Å². The van der Waals surface area contributed by atoms with Crippen LogP contribution in [0.3, 0.4) is 0 Å². The Morgan fingerprint density at radius 3 is 3.00 bits per heavy atom. The summed E-state index contributed by atoms with van der Waals surface area (Å²) in [6.07, 6.45) is 3.02. The maximum absolute atomic E-state index is 13.7. The van der Waals surface area contributed by atoms with Crippen LogP contribution < -0.4 is 5.32 Å². The van der Waals surface area contributed by atoms with Gasteiger partial charge in [0.1, 0.15) is 5.82 Å².